The molecule has 2 unspecified atom stereocenters. The van der Waals surface area contributed by atoms with Crippen LogP contribution in [0.3, 0.4) is 0 Å². The Bertz CT molecular complexity index is 420. The number of halogens is 1. The highest BCUT2D eigenvalue weighted by Crippen LogP contribution is 2.25. The Kier molecular flexibility index (Phi) is 4.06. The van der Waals surface area contributed by atoms with Gasteiger partial charge in [-0.05, 0) is 37.9 Å². The highest BCUT2D eigenvalue weighted by molar-refractivity contribution is 6.29. The number of hydrogen-bond acceptors (Lipinski definition) is 3. The van der Waals surface area contributed by atoms with Crippen LogP contribution in [0, 0.1) is 0 Å². The average Bonchev–Trinajstić information content (AvgIpc) is 2.42. The van der Waals surface area contributed by atoms with Crippen molar-refractivity contribution in [2.24, 2.45) is 0 Å². The van der Waals surface area contributed by atoms with Crippen LogP contribution in [0.4, 0.5) is 0 Å². The van der Waals surface area contributed by atoms with Crippen LogP contribution in [-0.2, 0) is 6.54 Å². The van der Waals surface area contributed by atoms with E-state index in [0.717, 1.165) is 12.6 Å². The van der Waals surface area contributed by atoms with Crippen molar-refractivity contribution < 1.29 is 0 Å². The Morgan fingerprint density at radius 1 is 1.32 bits per heavy atom. The lowest BCUT2D eigenvalue weighted by atomic mass is 9.97. The topological polar surface area (TPSA) is 19.4 Å². The molecule has 2 fully saturated rings. The molecular weight excluding hydrogens is 258 g/mol. The summed E-state index contributed by atoms with van der Waals surface area (Å²) in [6.07, 6.45) is 6.04. The normalized spacial score (nSPS) is 29.2. The Balaban J connectivity index is 1.65. The Labute approximate surface area is 120 Å². The summed E-state index contributed by atoms with van der Waals surface area (Å²) >= 11 is 5.84. The summed E-state index contributed by atoms with van der Waals surface area (Å²) in [6, 6.07) is 5.38. The van der Waals surface area contributed by atoms with Crippen LogP contribution in [0.1, 0.15) is 31.7 Å². The van der Waals surface area contributed by atoms with Crippen LogP contribution in [0.25, 0.3) is 0 Å². The van der Waals surface area contributed by atoms with E-state index in [4.69, 9.17) is 11.6 Å². The molecule has 0 aromatic carbocycles. The highest BCUT2D eigenvalue weighted by Gasteiger charge is 2.32. The number of aromatic nitrogens is 1. The van der Waals surface area contributed by atoms with Crippen molar-refractivity contribution in [3.05, 3.63) is 29.0 Å². The zero-order valence-corrected chi connectivity index (χ0v) is 12.3. The number of piperidine rings is 1. The van der Waals surface area contributed by atoms with Gasteiger partial charge in [-0.2, -0.15) is 0 Å². The number of piperazine rings is 1. The van der Waals surface area contributed by atoms with Crippen LogP contribution >= 0.6 is 11.6 Å². The van der Waals surface area contributed by atoms with Crippen molar-refractivity contribution in [1.29, 1.82) is 0 Å². The van der Waals surface area contributed by atoms with E-state index in [1.54, 1.807) is 0 Å². The van der Waals surface area contributed by atoms with E-state index in [-0.39, 0.29) is 0 Å². The van der Waals surface area contributed by atoms with Crippen LogP contribution < -0.4 is 0 Å². The van der Waals surface area contributed by atoms with Gasteiger partial charge in [-0.1, -0.05) is 24.1 Å². The lowest BCUT2D eigenvalue weighted by Gasteiger charge is -2.47. The number of pyridine rings is 1. The van der Waals surface area contributed by atoms with Crippen molar-refractivity contribution in [1.82, 2.24) is 14.8 Å². The molecule has 3 rings (SSSR count). The second kappa shape index (κ2) is 5.78. The molecule has 2 aliphatic rings. The molecule has 0 spiro atoms. The smallest absolute Gasteiger partial charge is 0.129 e. The van der Waals surface area contributed by atoms with Crippen LogP contribution in [-0.4, -0.2) is 46.5 Å². The first-order valence-corrected chi connectivity index (χ1v) is 7.69. The van der Waals surface area contributed by atoms with Gasteiger partial charge in [-0.25, -0.2) is 4.98 Å². The maximum Gasteiger partial charge on any atom is 0.129 e. The second-order valence-electron chi connectivity index (χ2n) is 5.91. The molecule has 19 heavy (non-hydrogen) atoms. The van der Waals surface area contributed by atoms with E-state index >= 15 is 0 Å². The lowest BCUT2D eigenvalue weighted by Crippen LogP contribution is -2.58. The van der Waals surface area contributed by atoms with E-state index in [0.29, 0.717) is 11.2 Å². The Hall–Kier alpha value is -0.640. The minimum absolute atomic E-state index is 0.578. The quantitative estimate of drug-likeness (QED) is 0.776. The number of rotatable bonds is 2. The molecule has 2 saturated heterocycles. The molecule has 1 aromatic heterocycles. The lowest BCUT2D eigenvalue weighted by molar-refractivity contribution is 0.0110. The highest BCUT2D eigenvalue weighted by atomic mass is 35.5. The van der Waals surface area contributed by atoms with Crippen molar-refractivity contribution >= 4 is 11.6 Å². The first-order valence-electron chi connectivity index (χ1n) is 7.31. The maximum absolute atomic E-state index is 5.84. The Morgan fingerprint density at radius 3 is 3.00 bits per heavy atom. The predicted molar refractivity (Wildman–Crippen MR) is 78.3 cm³/mol. The zero-order chi connectivity index (χ0) is 13.2. The monoisotopic (exact) mass is 279 g/mol. The molecule has 2 aliphatic heterocycles. The number of nitrogens with zero attached hydrogens (tertiary/aromatic N) is 3. The van der Waals surface area contributed by atoms with Gasteiger partial charge in [-0.15, -0.1) is 0 Å². The summed E-state index contributed by atoms with van der Waals surface area (Å²) in [4.78, 5) is 9.46. The number of fused-ring (bicyclic) bond motifs is 1. The number of hydrogen-bond donors (Lipinski definition) is 0. The summed E-state index contributed by atoms with van der Waals surface area (Å²) in [5.41, 5.74) is 1.26. The van der Waals surface area contributed by atoms with Crippen molar-refractivity contribution in [3.63, 3.8) is 0 Å². The molecule has 0 radical (unpaired) electrons. The van der Waals surface area contributed by atoms with Gasteiger partial charge in [0.2, 0.25) is 0 Å². The summed E-state index contributed by atoms with van der Waals surface area (Å²) in [7, 11) is 0. The van der Waals surface area contributed by atoms with Gasteiger partial charge >= 0.3 is 0 Å². The van der Waals surface area contributed by atoms with Gasteiger partial charge in [0.25, 0.3) is 0 Å². The van der Waals surface area contributed by atoms with E-state index < -0.39 is 0 Å². The van der Waals surface area contributed by atoms with Crippen molar-refractivity contribution in [2.75, 3.05) is 19.6 Å². The summed E-state index contributed by atoms with van der Waals surface area (Å²) in [5, 5.41) is 0.578. The molecule has 0 amide bonds. The van der Waals surface area contributed by atoms with Gasteiger partial charge in [-0.3, -0.25) is 9.80 Å². The van der Waals surface area contributed by atoms with Crippen molar-refractivity contribution in [3.8, 4) is 0 Å². The molecule has 2 atom stereocenters. The van der Waals surface area contributed by atoms with Gasteiger partial charge < -0.3 is 0 Å². The summed E-state index contributed by atoms with van der Waals surface area (Å²) in [5.74, 6) is 0. The van der Waals surface area contributed by atoms with Gasteiger partial charge in [0.15, 0.2) is 0 Å². The van der Waals surface area contributed by atoms with E-state index in [2.05, 4.69) is 27.8 Å². The third-order valence-electron chi connectivity index (χ3n) is 4.49. The predicted octanol–water partition coefficient (Wildman–Crippen LogP) is 2.79. The molecule has 0 bridgehead atoms. The van der Waals surface area contributed by atoms with E-state index in [1.807, 2.05) is 12.3 Å². The molecule has 1 aromatic rings. The molecule has 3 nitrogen and oxygen atoms in total. The first kappa shape index (κ1) is 13.3. The zero-order valence-electron chi connectivity index (χ0n) is 11.6. The second-order valence-corrected chi connectivity index (χ2v) is 6.30. The molecule has 0 saturated carbocycles. The Morgan fingerprint density at radius 2 is 2.21 bits per heavy atom. The third-order valence-corrected chi connectivity index (χ3v) is 4.71. The average molecular weight is 280 g/mol. The van der Waals surface area contributed by atoms with Gasteiger partial charge in [0, 0.05) is 37.9 Å². The van der Waals surface area contributed by atoms with Crippen molar-refractivity contribution in [2.45, 2.75) is 44.8 Å². The fraction of sp³-hybridized carbons (Fsp3) is 0.667. The SMILES string of the molecule is CC1CN2CCCCC2CN1Cc1ccc(Cl)nc1. The molecule has 0 N–H and O–H groups in total. The minimum atomic E-state index is 0.578. The van der Waals surface area contributed by atoms with Gasteiger partial charge in [0.05, 0.1) is 0 Å². The molecule has 104 valence electrons. The standard InChI is InChI=1S/C15H22ClN3/c1-12-9-18-7-3-2-4-14(18)11-19(12)10-13-5-6-15(16)17-8-13/h5-6,8,12,14H,2-4,7,9-11H2,1H3. The molecule has 4 heteroatoms. The fourth-order valence-corrected chi connectivity index (χ4v) is 3.48. The molecular formula is C15H22ClN3. The molecule has 0 aliphatic carbocycles. The van der Waals surface area contributed by atoms with E-state index in [1.165, 1.54) is 44.5 Å². The van der Waals surface area contributed by atoms with Crippen LogP contribution in [0.5, 0.6) is 0 Å². The first-order chi connectivity index (χ1) is 9.22. The third kappa shape index (κ3) is 3.10. The summed E-state index contributed by atoms with van der Waals surface area (Å²) in [6.45, 7) is 7.05. The maximum atomic E-state index is 5.84. The van der Waals surface area contributed by atoms with Crippen LogP contribution in [0.2, 0.25) is 5.15 Å². The van der Waals surface area contributed by atoms with E-state index in [9.17, 15) is 0 Å². The summed E-state index contributed by atoms with van der Waals surface area (Å²) < 4.78 is 0. The van der Waals surface area contributed by atoms with Crippen LogP contribution in [0.15, 0.2) is 18.3 Å². The van der Waals surface area contributed by atoms with Gasteiger partial charge in [0.1, 0.15) is 5.15 Å². The molecule has 3 heterocycles. The largest absolute Gasteiger partial charge is 0.298 e. The minimum Gasteiger partial charge on any atom is -0.298 e. The fourth-order valence-electron chi connectivity index (χ4n) is 3.37.